The van der Waals surface area contributed by atoms with Gasteiger partial charge in [0.05, 0.1) is 30.7 Å². The Morgan fingerprint density at radius 1 is 1.52 bits per heavy atom. The van der Waals surface area contributed by atoms with Gasteiger partial charge in [0.1, 0.15) is 5.76 Å². The molecule has 0 unspecified atom stereocenters. The maximum Gasteiger partial charge on any atom is 0.229 e. The lowest BCUT2D eigenvalue weighted by Crippen LogP contribution is -2.49. The molecule has 1 aromatic heterocycles. The van der Waals surface area contributed by atoms with Crippen LogP contribution in [0.2, 0.25) is 0 Å². The first-order chi connectivity index (χ1) is 10.2. The molecule has 1 aromatic rings. The van der Waals surface area contributed by atoms with Gasteiger partial charge in [0.2, 0.25) is 5.91 Å². The molecule has 5 nitrogen and oxygen atoms in total. The van der Waals surface area contributed by atoms with Gasteiger partial charge >= 0.3 is 0 Å². The number of nitrogens with one attached hydrogen (secondary N) is 1. The molecule has 1 amide bonds. The number of nitrogens with zero attached hydrogens (tertiary/aromatic N) is 2. The molecule has 1 fully saturated rings. The zero-order valence-corrected chi connectivity index (χ0v) is 12.6. The number of furan rings is 1. The zero-order chi connectivity index (χ0) is 15.1. The van der Waals surface area contributed by atoms with Crippen molar-refractivity contribution in [1.29, 1.82) is 5.26 Å². The molecule has 21 heavy (non-hydrogen) atoms. The second-order valence-electron chi connectivity index (χ2n) is 5.60. The van der Waals surface area contributed by atoms with Crippen LogP contribution in [0.5, 0.6) is 0 Å². The molecule has 0 atom stereocenters. The fraction of sp³-hybridized carbons (Fsp3) is 0.625. The largest absolute Gasteiger partial charge is 0.467 e. The normalized spacial score (nSPS) is 17.1. The van der Waals surface area contributed by atoms with E-state index in [1.54, 1.807) is 11.2 Å². The molecule has 114 valence electrons. The van der Waals surface area contributed by atoms with Crippen molar-refractivity contribution in [3.05, 3.63) is 24.2 Å². The third kappa shape index (κ3) is 3.64. The summed E-state index contributed by atoms with van der Waals surface area (Å²) in [6, 6.07) is 5.82. The number of piperidine rings is 1. The molecule has 1 aliphatic rings. The lowest BCUT2D eigenvalue weighted by atomic mass is 9.75. The summed E-state index contributed by atoms with van der Waals surface area (Å²) in [5.74, 6) is 0.930. The van der Waals surface area contributed by atoms with E-state index < -0.39 is 0 Å². The molecular weight excluding hydrogens is 266 g/mol. The number of nitriles is 1. The fourth-order valence-electron chi connectivity index (χ4n) is 2.99. The molecule has 2 rings (SSSR count). The number of carbonyl (C=O) groups excluding carboxylic acids is 1. The van der Waals surface area contributed by atoms with E-state index in [2.05, 4.69) is 18.3 Å². The number of amides is 1. The summed E-state index contributed by atoms with van der Waals surface area (Å²) in [5.41, 5.74) is -0.284. The molecule has 0 bridgehead atoms. The maximum absolute atomic E-state index is 13.0. The topological polar surface area (TPSA) is 69.3 Å². The second kappa shape index (κ2) is 7.28. The maximum atomic E-state index is 13.0. The Morgan fingerprint density at radius 2 is 2.29 bits per heavy atom. The summed E-state index contributed by atoms with van der Waals surface area (Å²) in [6.07, 6.45) is 4.54. The van der Waals surface area contributed by atoms with Gasteiger partial charge in [0.25, 0.3) is 0 Å². The van der Waals surface area contributed by atoms with Gasteiger partial charge < -0.3 is 14.6 Å². The number of hydrogen-bond acceptors (Lipinski definition) is 4. The Kier molecular flexibility index (Phi) is 5.40. The molecular formula is C16H23N3O2. The first-order valence-corrected chi connectivity index (χ1v) is 7.61. The van der Waals surface area contributed by atoms with Gasteiger partial charge in [-0.1, -0.05) is 6.92 Å². The average Bonchev–Trinajstić information content (AvgIpc) is 3.04. The first-order valence-electron chi connectivity index (χ1n) is 7.61. The molecule has 0 aliphatic carbocycles. The van der Waals surface area contributed by atoms with E-state index >= 15 is 0 Å². The summed E-state index contributed by atoms with van der Waals surface area (Å²) in [5, 5.41) is 12.1. The highest BCUT2D eigenvalue weighted by Gasteiger charge is 2.40. The Hall–Kier alpha value is -1.80. The monoisotopic (exact) mass is 289 g/mol. The lowest BCUT2D eigenvalue weighted by Gasteiger charge is -2.39. The van der Waals surface area contributed by atoms with Gasteiger partial charge in [0.15, 0.2) is 0 Å². The smallest absolute Gasteiger partial charge is 0.229 e. The fourth-order valence-corrected chi connectivity index (χ4v) is 2.99. The van der Waals surface area contributed by atoms with E-state index in [9.17, 15) is 4.79 Å². The molecule has 1 saturated heterocycles. The minimum absolute atomic E-state index is 0.165. The number of hydrogen-bond donors (Lipinski definition) is 1. The van der Waals surface area contributed by atoms with Crippen LogP contribution in [0.4, 0.5) is 0 Å². The third-order valence-electron chi connectivity index (χ3n) is 4.40. The molecule has 5 heteroatoms. The highest BCUT2D eigenvalue weighted by atomic mass is 16.3. The third-order valence-corrected chi connectivity index (χ3v) is 4.40. The molecule has 0 radical (unpaired) electrons. The minimum Gasteiger partial charge on any atom is -0.467 e. The van der Waals surface area contributed by atoms with Crippen LogP contribution in [0.25, 0.3) is 0 Å². The summed E-state index contributed by atoms with van der Waals surface area (Å²) in [6.45, 7) is 4.76. The standard InChI is InChI=1S/C16H23N3O2/c1-2-16(6-9-18-10-7-16)15(20)19(11-4-8-17)13-14-5-3-12-21-14/h3,5,12,18H,2,4,6-7,9-11,13H2,1H3. The van der Waals surface area contributed by atoms with Crippen molar-refractivity contribution in [1.82, 2.24) is 10.2 Å². The van der Waals surface area contributed by atoms with Gasteiger partial charge in [-0.25, -0.2) is 0 Å². The zero-order valence-electron chi connectivity index (χ0n) is 12.6. The van der Waals surface area contributed by atoms with Crippen LogP contribution < -0.4 is 5.32 Å². The van der Waals surface area contributed by atoms with Crippen molar-refractivity contribution in [2.75, 3.05) is 19.6 Å². The Labute approximate surface area is 125 Å². The number of carbonyl (C=O) groups is 1. The summed E-state index contributed by atoms with van der Waals surface area (Å²) < 4.78 is 5.36. The van der Waals surface area contributed by atoms with Crippen molar-refractivity contribution in [3.63, 3.8) is 0 Å². The van der Waals surface area contributed by atoms with E-state index in [1.165, 1.54) is 0 Å². The molecule has 1 aliphatic heterocycles. The highest BCUT2D eigenvalue weighted by molar-refractivity contribution is 5.82. The van der Waals surface area contributed by atoms with Gasteiger partial charge in [-0.3, -0.25) is 4.79 Å². The minimum atomic E-state index is -0.284. The van der Waals surface area contributed by atoms with E-state index in [-0.39, 0.29) is 11.3 Å². The van der Waals surface area contributed by atoms with E-state index in [4.69, 9.17) is 9.68 Å². The predicted octanol–water partition coefficient (Wildman–Crippen LogP) is 2.30. The van der Waals surface area contributed by atoms with Crippen molar-refractivity contribution >= 4 is 5.91 Å². The molecule has 1 N–H and O–H groups in total. The van der Waals surface area contributed by atoms with E-state index in [0.29, 0.717) is 19.5 Å². The van der Waals surface area contributed by atoms with Crippen LogP contribution in [0.3, 0.4) is 0 Å². The average molecular weight is 289 g/mol. The van der Waals surface area contributed by atoms with Gasteiger partial charge in [-0.2, -0.15) is 5.26 Å². The predicted molar refractivity (Wildman–Crippen MR) is 79.2 cm³/mol. The Balaban J connectivity index is 2.13. The second-order valence-corrected chi connectivity index (χ2v) is 5.60. The highest BCUT2D eigenvalue weighted by Crippen LogP contribution is 2.35. The molecule has 2 heterocycles. The Bertz CT molecular complexity index is 484. The molecule has 0 spiro atoms. The molecule has 0 aromatic carbocycles. The van der Waals surface area contributed by atoms with Crippen LogP contribution in [0.1, 0.15) is 38.4 Å². The SMILES string of the molecule is CCC1(C(=O)N(CCC#N)Cc2ccco2)CCNCC1. The number of rotatable bonds is 6. The summed E-state index contributed by atoms with van der Waals surface area (Å²) >= 11 is 0. The van der Waals surface area contributed by atoms with Crippen LogP contribution in [0, 0.1) is 16.7 Å². The van der Waals surface area contributed by atoms with E-state index in [0.717, 1.165) is 38.1 Å². The Morgan fingerprint density at radius 3 is 2.86 bits per heavy atom. The molecule has 0 saturated carbocycles. The van der Waals surface area contributed by atoms with Crippen molar-refractivity contribution in [2.45, 2.75) is 39.2 Å². The van der Waals surface area contributed by atoms with Crippen LogP contribution >= 0.6 is 0 Å². The van der Waals surface area contributed by atoms with Crippen LogP contribution in [0.15, 0.2) is 22.8 Å². The summed E-state index contributed by atoms with van der Waals surface area (Å²) in [7, 11) is 0. The van der Waals surface area contributed by atoms with Gasteiger partial charge in [-0.15, -0.1) is 0 Å². The lowest BCUT2D eigenvalue weighted by molar-refractivity contribution is -0.145. The van der Waals surface area contributed by atoms with Crippen LogP contribution in [-0.2, 0) is 11.3 Å². The van der Waals surface area contributed by atoms with Crippen molar-refractivity contribution in [2.24, 2.45) is 5.41 Å². The summed E-state index contributed by atoms with van der Waals surface area (Å²) in [4.78, 5) is 14.8. The first kappa shape index (κ1) is 15.6. The van der Waals surface area contributed by atoms with Crippen molar-refractivity contribution in [3.8, 4) is 6.07 Å². The van der Waals surface area contributed by atoms with Gasteiger partial charge in [-0.05, 0) is 44.5 Å². The van der Waals surface area contributed by atoms with Crippen molar-refractivity contribution < 1.29 is 9.21 Å². The quantitative estimate of drug-likeness (QED) is 0.872. The van der Waals surface area contributed by atoms with Gasteiger partial charge in [0, 0.05) is 6.54 Å². The van der Waals surface area contributed by atoms with E-state index in [1.807, 2.05) is 12.1 Å². The van der Waals surface area contributed by atoms with Crippen LogP contribution in [-0.4, -0.2) is 30.4 Å².